The molecule has 0 aromatic carbocycles. The number of rotatable bonds is 6. The van der Waals surface area contributed by atoms with Gasteiger partial charge in [0.2, 0.25) is 5.91 Å². The van der Waals surface area contributed by atoms with Crippen LogP contribution in [0.1, 0.15) is 18.9 Å². The Morgan fingerprint density at radius 1 is 1.35 bits per heavy atom. The highest BCUT2D eigenvalue weighted by atomic mass is 16.1. The van der Waals surface area contributed by atoms with Crippen molar-refractivity contribution in [3.63, 3.8) is 0 Å². The molecule has 0 saturated carbocycles. The van der Waals surface area contributed by atoms with E-state index in [1.54, 1.807) is 0 Å². The van der Waals surface area contributed by atoms with E-state index in [-0.39, 0.29) is 5.91 Å². The van der Waals surface area contributed by atoms with Crippen molar-refractivity contribution >= 4 is 17.5 Å². The number of nitrogens with one attached hydrogen (secondary N) is 3. The van der Waals surface area contributed by atoms with Crippen LogP contribution in [0.15, 0.2) is 6.33 Å². The summed E-state index contributed by atoms with van der Waals surface area (Å²) >= 11 is 0. The molecule has 17 heavy (non-hydrogen) atoms. The molecule has 0 atom stereocenters. The summed E-state index contributed by atoms with van der Waals surface area (Å²) in [6.07, 6.45) is 1.93. The Hall–Kier alpha value is -1.85. The zero-order valence-corrected chi connectivity index (χ0v) is 10.5. The molecule has 1 heterocycles. The summed E-state index contributed by atoms with van der Waals surface area (Å²) in [5, 5.41) is 8.85. The second-order valence-corrected chi connectivity index (χ2v) is 3.58. The summed E-state index contributed by atoms with van der Waals surface area (Å²) < 4.78 is 0. The van der Waals surface area contributed by atoms with Crippen LogP contribution in [0.2, 0.25) is 0 Å². The van der Waals surface area contributed by atoms with Gasteiger partial charge in [-0.05, 0) is 13.8 Å². The van der Waals surface area contributed by atoms with E-state index < -0.39 is 0 Å². The van der Waals surface area contributed by atoms with E-state index in [2.05, 4.69) is 25.9 Å². The highest BCUT2D eigenvalue weighted by Gasteiger charge is 2.05. The molecule has 0 aliphatic rings. The monoisotopic (exact) mass is 237 g/mol. The molecule has 0 radical (unpaired) electrons. The van der Waals surface area contributed by atoms with Crippen molar-refractivity contribution in [2.24, 2.45) is 0 Å². The van der Waals surface area contributed by atoms with Crippen LogP contribution in [0.5, 0.6) is 0 Å². The van der Waals surface area contributed by atoms with E-state index in [0.717, 1.165) is 17.2 Å². The molecule has 0 saturated heterocycles. The fourth-order valence-electron chi connectivity index (χ4n) is 1.46. The molecule has 0 fully saturated rings. The van der Waals surface area contributed by atoms with Gasteiger partial charge < -0.3 is 16.0 Å². The average Bonchev–Trinajstić information content (AvgIpc) is 2.32. The molecule has 3 N–H and O–H groups in total. The Bertz CT molecular complexity index is 380. The van der Waals surface area contributed by atoms with Crippen LogP contribution in [-0.4, -0.2) is 36.0 Å². The normalized spacial score (nSPS) is 9.82. The Labute approximate surface area is 101 Å². The maximum Gasteiger partial charge on any atom is 0.221 e. The molecule has 1 rings (SSSR count). The first kappa shape index (κ1) is 13.2. The topological polar surface area (TPSA) is 78.9 Å². The zero-order chi connectivity index (χ0) is 12.7. The van der Waals surface area contributed by atoms with Crippen LogP contribution >= 0.6 is 0 Å². The van der Waals surface area contributed by atoms with Crippen LogP contribution < -0.4 is 16.0 Å². The third-order valence-electron chi connectivity index (χ3n) is 2.34. The summed E-state index contributed by atoms with van der Waals surface area (Å²) in [5.41, 5.74) is 0.950. The number of nitrogens with zero attached hydrogens (tertiary/aromatic N) is 2. The predicted molar refractivity (Wildman–Crippen MR) is 68.1 cm³/mol. The highest BCUT2D eigenvalue weighted by Crippen LogP contribution is 2.16. The van der Waals surface area contributed by atoms with Crippen molar-refractivity contribution in [1.29, 1.82) is 0 Å². The maximum absolute atomic E-state index is 11.2. The molecule has 1 aromatic rings. The van der Waals surface area contributed by atoms with Crippen molar-refractivity contribution in [2.75, 3.05) is 30.8 Å². The van der Waals surface area contributed by atoms with E-state index in [0.29, 0.717) is 19.5 Å². The average molecular weight is 237 g/mol. The minimum atomic E-state index is 0.0422. The molecular formula is C11H19N5O. The predicted octanol–water partition coefficient (Wildman–Crippen LogP) is 0.765. The zero-order valence-electron chi connectivity index (χ0n) is 10.5. The van der Waals surface area contributed by atoms with Gasteiger partial charge in [0.15, 0.2) is 0 Å². The number of aromatic nitrogens is 2. The molecule has 0 aliphatic heterocycles. The third-order valence-corrected chi connectivity index (χ3v) is 2.34. The van der Waals surface area contributed by atoms with Crippen LogP contribution in [0, 0.1) is 6.92 Å². The minimum absolute atomic E-state index is 0.0422. The Morgan fingerprint density at radius 3 is 2.71 bits per heavy atom. The van der Waals surface area contributed by atoms with Gasteiger partial charge in [0.05, 0.1) is 0 Å². The quantitative estimate of drug-likeness (QED) is 0.681. The van der Waals surface area contributed by atoms with Gasteiger partial charge in [-0.1, -0.05) is 0 Å². The minimum Gasteiger partial charge on any atom is -0.373 e. The number of hydrogen-bond donors (Lipinski definition) is 3. The number of carbonyl (C=O) groups is 1. The van der Waals surface area contributed by atoms with Gasteiger partial charge >= 0.3 is 0 Å². The summed E-state index contributed by atoms with van der Waals surface area (Å²) in [6.45, 7) is 5.06. The van der Waals surface area contributed by atoms with Crippen LogP contribution in [0.3, 0.4) is 0 Å². The lowest BCUT2D eigenvalue weighted by Gasteiger charge is -2.10. The first-order valence-corrected chi connectivity index (χ1v) is 5.69. The molecule has 0 spiro atoms. The number of carbonyl (C=O) groups excluding carboxylic acids is 1. The van der Waals surface area contributed by atoms with Gasteiger partial charge in [-0.25, -0.2) is 9.97 Å². The molecule has 0 unspecified atom stereocenters. The van der Waals surface area contributed by atoms with Crippen molar-refractivity contribution in [3.05, 3.63) is 11.9 Å². The largest absolute Gasteiger partial charge is 0.373 e. The van der Waals surface area contributed by atoms with E-state index in [4.69, 9.17) is 0 Å². The summed E-state index contributed by atoms with van der Waals surface area (Å²) in [6, 6.07) is 0. The van der Waals surface area contributed by atoms with Crippen molar-refractivity contribution < 1.29 is 4.79 Å². The van der Waals surface area contributed by atoms with Crippen LogP contribution in [0.25, 0.3) is 0 Å². The molecule has 6 heteroatoms. The lowest BCUT2D eigenvalue weighted by Crippen LogP contribution is -2.25. The molecule has 6 nitrogen and oxygen atoms in total. The molecule has 1 amide bonds. The van der Waals surface area contributed by atoms with Crippen LogP contribution in [0.4, 0.5) is 11.6 Å². The van der Waals surface area contributed by atoms with Crippen molar-refractivity contribution in [1.82, 2.24) is 15.3 Å². The fourth-order valence-corrected chi connectivity index (χ4v) is 1.46. The maximum atomic E-state index is 11.2. The van der Waals surface area contributed by atoms with E-state index in [9.17, 15) is 4.79 Å². The van der Waals surface area contributed by atoms with Gasteiger partial charge in [-0.2, -0.15) is 0 Å². The SMILES string of the molecule is CCNC(=O)CCNc1ncnc(NC)c1C. The standard InChI is InChI=1S/C11H19N5O/c1-4-13-9(17)5-6-14-11-8(2)10(12-3)15-7-16-11/h7H,4-6H2,1-3H3,(H,13,17)(H2,12,14,15,16). The third kappa shape index (κ3) is 3.90. The van der Waals surface area contributed by atoms with E-state index in [1.165, 1.54) is 6.33 Å². The molecule has 0 bridgehead atoms. The van der Waals surface area contributed by atoms with Gasteiger partial charge in [0.25, 0.3) is 0 Å². The van der Waals surface area contributed by atoms with Crippen molar-refractivity contribution in [3.8, 4) is 0 Å². The summed E-state index contributed by atoms with van der Waals surface area (Å²) in [4.78, 5) is 19.5. The van der Waals surface area contributed by atoms with Gasteiger partial charge in [0, 0.05) is 32.1 Å². The number of amides is 1. The highest BCUT2D eigenvalue weighted by molar-refractivity contribution is 5.76. The fraction of sp³-hybridized carbons (Fsp3) is 0.545. The van der Waals surface area contributed by atoms with E-state index in [1.807, 2.05) is 20.9 Å². The number of anilines is 2. The van der Waals surface area contributed by atoms with Crippen LogP contribution in [-0.2, 0) is 4.79 Å². The molecule has 1 aromatic heterocycles. The first-order chi connectivity index (χ1) is 8.19. The number of hydrogen-bond acceptors (Lipinski definition) is 5. The molecule has 94 valence electrons. The Kier molecular flexibility index (Phi) is 5.19. The Morgan fingerprint density at radius 2 is 2.06 bits per heavy atom. The van der Waals surface area contributed by atoms with Gasteiger partial charge in [-0.3, -0.25) is 4.79 Å². The van der Waals surface area contributed by atoms with Gasteiger partial charge in [-0.15, -0.1) is 0 Å². The summed E-state index contributed by atoms with van der Waals surface area (Å²) in [5.74, 6) is 1.59. The van der Waals surface area contributed by atoms with Crippen molar-refractivity contribution in [2.45, 2.75) is 20.3 Å². The second kappa shape index (κ2) is 6.67. The Balaban J connectivity index is 2.49. The van der Waals surface area contributed by atoms with E-state index >= 15 is 0 Å². The molecular weight excluding hydrogens is 218 g/mol. The summed E-state index contributed by atoms with van der Waals surface area (Å²) in [7, 11) is 1.81. The smallest absolute Gasteiger partial charge is 0.221 e. The lowest BCUT2D eigenvalue weighted by molar-refractivity contribution is -0.120. The first-order valence-electron chi connectivity index (χ1n) is 5.69. The lowest BCUT2D eigenvalue weighted by atomic mass is 10.3. The second-order valence-electron chi connectivity index (χ2n) is 3.58. The van der Waals surface area contributed by atoms with Gasteiger partial charge in [0.1, 0.15) is 18.0 Å². The molecule has 0 aliphatic carbocycles.